The Kier molecular flexibility index (Phi) is 4.74. The molecule has 0 spiro atoms. The molecule has 1 N–H and O–H groups in total. The molecule has 114 valence electrons. The second-order valence-corrected chi connectivity index (χ2v) is 5.64. The first-order chi connectivity index (χ1) is 9.90. The van der Waals surface area contributed by atoms with Crippen LogP contribution in [0, 0.1) is 5.82 Å². The van der Waals surface area contributed by atoms with Crippen molar-refractivity contribution in [1.29, 1.82) is 0 Å². The van der Waals surface area contributed by atoms with E-state index in [1.807, 2.05) is 0 Å². The molecule has 1 aromatic rings. The van der Waals surface area contributed by atoms with Gasteiger partial charge in [0.15, 0.2) is 5.82 Å². The van der Waals surface area contributed by atoms with Gasteiger partial charge in [-0.1, -0.05) is 37.0 Å². The van der Waals surface area contributed by atoms with Gasteiger partial charge in [-0.15, -0.1) is 0 Å². The monoisotopic (exact) mass is 332 g/mol. The van der Waals surface area contributed by atoms with Crippen LogP contribution in [0.4, 0.5) is 10.1 Å². The number of piperazine rings is 1. The quantitative estimate of drug-likeness (QED) is 0.864. The Morgan fingerprint density at radius 3 is 2.24 bits per heavy atom. The van der Waals surface area contributed by atoms with Crippen LogP contribution in [0.25, 0.3) is 0 Å². The van der Waals surface area contributed by atoms with E-state index in [4.69, 9.17) is 23.2 Å². The smallest absolute Gasteiger partial charge is 0.250 e. The number of amides is 2. The number of hydrogen-bond donors (Lipinski definition) is 1. The number of nitrogens with zero attached hydrogens (tertiary/aromatic N) is 1. The Bertz CT molecular complexity index is 571. The third-order valence-corrected chi connectivity index (χ3v) is 4.06. The van der Waals surface area contributed by atoms with E-state index in [1.54, 1.807) is 13.8 Å². The van der Waals surface area contributed by atoms with E-state index < -0.39 is 17.9 Å². The van der Waals surface area contributed by atoms with Crippen molar-refractivity contribution in [3.05, 3.63) is 28.0 Å². The van der Waals surface area contributed by atoms with Crippen molar-refractivity contribution in [1.82, 2.24) is 5.32 Å². The average molecular weight is 333 g/mol. The molecule has 1 aromatic carbocycles. The van der Waals surface area contributed by atoms with Crippen molar-refractivity contribution < 1.29 is 14.0 Å². The van der Waals surface area contributed by atoms with E-state index >= 15 is 0 Å². The maximum absolute atomic E-state index is 13.5. The van der Waals surface area contributed by atoms with Crippen molar-refractivity contribution in [2.45, 2.75) is 38.8 Å². The number of rotatable bonds is 3. The van der Waals surface area contributed by atoms with Crippen LogP contribution in [0.3, 0.4) is 0 Å². The van der Waals surface area contributed by atoms with Crippen LogP contribution >= 0.6 is 23.2 Å². The lowest BCUT2D eigenvalue weighted by Crippen LogP contribution is -2.63. The number of benzene rings is 1. The van der Waals surface area contributed by atoms with Crippen LogP contribution in [-0.4, -0.2) is 23.9 Å². The molecule has 4 nitrogen and oxygen atoms in total. The van der Waals surface area contributed by atoms with Crippen LogP contribution in [0.1, 0.15) is 26.7 Å². The topological polar surface area (TPSA) is 49.4 Å². The fourth-order valence-corrected chi connectivity index (χ4v) is 2.88. The van der Waals surface area contributed by atoms with Gasteiger partial charge in [0.25, 0.3) is 0 Å². The van der Waals surface area contributed by atoms with E-state index in [2.05, 4.69) is 5.32 Å². The van der Waals surface area contributed by atoms with Gasteiger partial charge in [-0.2, -0.15) is 0 Å². The summed E-state index contributed by atoms with van der Waals surface area (Å²) in [6, 6.07) is 1.38. The molecule has 1 aliphatic rings. The molecule has 0 saturated carbocycles. The minimum Gasteiger partial charge on any atom is -0.342 e. The molecule has 2 atom stereocenters. The zero-order chi connectivity index (χ0) is 15.7. The summed E-state index contributed by atoms with van der Waals surface area (Å²) in [6.07, 6.45) is 0.904. The highest BCUT2D eigenvalue weighted by molar-refractivity contribution is 6.35. The molecule has 1 saturated heterocycles. The molecule has 2 amide bonds. The molecule has 0 aromatic heterocycles. The zero-order valence-electron chi connectivity index (χ0n) is 11.6. The highest BCUT2D eigenvalue weighted by atomic mass is 35.5. The molecule has 7 heteroatoms. The number of hydrogen-bond acceptors (Lipinski definition) is 2. The van der Waals surface area contributed by atoms with Crippen LogP contribution in [0.2, 0.25) is 10.0 Å². The highest BCUT2D eigenvalue weighted by Crippen LogP contribution is 2.32. The second kappa shape index (κ2) is 6.20. The molecule has 1 heterocycles. The molecule has 1 aliphatic heterocycles. The molecule has 0 bridgehead atoms. The number of anilines is 1. The third kappa shape index (κ3) is 2.85. The van der Waals surface area contributed by atoms with Gasteiger partial charge >= 0.3 is 0 Å². The number of carbonyl (C=O) groups is 2. The maximum Gasteiger partial charge on any atom is 0.250 e. The minimum atomic E-state index is -0.740. The SMILES string of the molecule is CCC1NC(=O)C(CC)N(c2cc(Cl)c(F)c(Cl)c2)C1=O. The summed E-state index contributed by atoms with van der Waals surface area (Å²) in [5, 5.41) is 2.32. The van der Waals surface area contributed by atoms with E-state index in [-0.39, 0.29) is 21.9 Å². The minimum absolute atomic E-state index is 0.181. The van der Waals surface area contributed by atoms with Gasteiger partial charge in [0, 0.05) is 5.69 Å². The number of carbonyl (C=O) groups excluding carboxylic acids is 2. The molecule has 0 radical (unpaired) electrons. The van der Waals surface area contributed by atoms with Crippen LogP contribution in [-0.2, 0) is 9.59 Å². The number of nitrogens with one attached hydrogen (secondary N) is 1. The van der Waals surface area contributed by atoms with Gasteiger partial charge in [-0.05, 0) is 25.0 Å². The van der Waals surface area contributed by atoms with Gasteiger partial charge in [-0.3, -0.25) is 14.5 Å². The van der Waals surface area contributed by atoms with Gasteiger partial charge < -0.3 is 5.32 Å². The third-order valence-electron chi connectivity index (χ3n) is 3.51. The van der Waals surface area contributed by atoms with Crippen molar-refractivity contribution in [2.75, 3.05) is 4.90 Å². The van der Waals surface area contributed by atoms with Crippen LogP contribution in [0.15, 0.2) is 12.1 Å². The van der Waals surface area contributed by atoms with E-state index in [0.717, 1.165) is 0 Å². The van der Waals surface area contributed by atoms with Crippen molar-refractivity contribution >= 4 is 40.7 Å². The Labute approximate surface area is 132 Å². The Morgan fingerprint density at radius 2 is 1.76 bits per heavy atom. The summed E-state index contributed by atoms with van der Waals surface area (Å²) in [5.74, 6) is -1.22. The highest BCUT2D eigenvalue weighted by Gasteiger charge is 2.39. The fourth-order valence-electron chi connectivity index (χ4n) is 2.40. The van der Waals surface area contributed by atoms with E-state index in [0.29, 0.717) is 18.5 Å². The summed E-state index contributed by atoms with van der Waals surface area (Å²) < 4.78 is 13.5. The summed E-state index contributed by atoms with van der Waals surface area (Å²) in [7, 11) is 0. The molecule has 21 heavy (non-hydrogen) atoms. The molecular formula is C14H15Cl2FN2O2. The average Bonchev–Trinajstić information content (AvgIpc) is 2.45. The van der Waals surface area contributed by atoms with Gasteiger partial charge in [0.1, 0.15) is 12.1 Å². The Balaban J connectivity index is 2.51. The lowest BCUT2D eigenvalue weighted by Gasteiger charge is -2.38. The summed E-state index contributed by atoms with van der Waals surface area (Å²) >= 11 is 11.6. The van der Waals surface area contributed by atoms with Crippen molar-refractivity contribution in [3.63, 3.8) is 0 Å². The molecule has 1 fully saturated rings. The van der Waals surface area contributed by atoms with Crippen molar-refractivity contribution in [3.8, 4) is 0 Å². The molecule has 2 rings (SSSR count). The van der Waals surface area contributed by atoms with Crippen LogP contribution in [0.5, 0.6) is 0 Å². The molecular weight excluding hydrogens is 318 g/mol. The van der Waals surface area contributed by atoms with Crippen LogP contribution < -0.4 is 10.2 Å². The normalized spacial score (nSPS) is 22.4. The lowest BCUT2D eigenvalue weighted by atomic mass is 10.0. The molecule has 0 aliphatic carbocycles. The van der Waals surface area contributed by atoms with Gasteiger partial charge in [0.05, 0.1) is 10.0 Å². The first-order valence-electron chi connectivity index (χ1n) is 6.68. The predicted molar refractivity (Wildman–Crippen MR) is 80.2 cm³/mol. The zero-order valence-corrected chi connectivity index (χ0v) is 13.1. The fraction of sp³-hybridized carbons (Fsp3) is 0.429. The summed E-state index contributed by atoms with van der Waals surface area (Å²) in [4.78, 5) is 26.0. The second-order valence-electron chi connectivity index (χ2n) is 4.83. The van der Waals surface area contributed by atoms with E-state index in [9.17, 15) is 14.0 Å². The first-order valence-corrected chi connectivity index (χ1v) is 7.44. The predicted octanol–water partition coefficient (Wildman–Crippen LogP) is 3.15. The largest absolute Gasteiger partial charge is 0.342 e. The standard InChI is InChI=1S/C14H15Cl2FN2O2/c1-3-10-14(21)19(11(4-2)13(20)18-10)7-5-8(15)12(17)9(16)6-7/h5-6,10-11H,3-4H2,1-2H3,(H,18,20). The van der Waals surface area contributed by atoms with Gasteiger partial charge in [-0.25, -0.2) is 4.39 Å². The Hall–Kier alpha value is -1.33. The van der Waals surface area contributed by atoms with Crippen molar-refractivity contribution in [2.24, 2.45) is 0 Å². The maximum atomic E-state index is 13.5. The van der Waals surface area contributed by atoms with E-state index in [1.165, 1.54) is 17.0 Å². The van der Waals surface area contributed by atoms with Gasteiger partial charge in [0.2, 0.25) is 11.8 Å². The number of halogens is 3. The molecule has 2 unspecified atom stereocenters. The first kappa shape index (κ1) is 16.0. The summed E-state index contributed by atoms with van der Waals surface area (Å²) in [5.41, 5.74) is 0.330. The lowest BCUT2D eigenvalue weighted by molar-refractivity contribution is -0.134. The Morgan fingerprint density at radius 1 is 1.19 bits per heavy atom. The summed E-state index contributed by atoms with van der Waals surface area (Å²) in [6.45, 7) is 3.60.